The highest BCUT2D eigenvalue weighted by Gasteiger charge is 2.55. The zero-order valence-electron chi connectivity index (χ0n) is 19.8. The molecule has 5 nitrogen and oxygen atoms in total. The summed E-state index contributed by atoms with van der Waals surface area (Å²) in [6.07, 6.45) is 3.04. The molecular formula is C24H37BO5. The van der Waals surface area contributed by atoms with Crippen molar-refractivity contribution in [3.63, 3.8) is 0 Å². The molecule has 0 radical (unpaired) electrons. The van der Waals surface area contributed by atoms with Crippen molar-refractivity contribution in [3.05, 3.63) is 29.3 Å². The molecule has 3 rings (SSSR count). The second kappa shape index (κ2) is 8.54. The maximum absolute atomic E-state index is 12.7. The molecule has 30 heavy (non-hydrogen) atoms. The Balaban J connectivity index is 1.76. The lowest BCUT2D eigenvalue weighted by Crippen LogP contribution is -2.48. The summed E-state index contributed by atoms with van der Waals surface area (Å²) in [4.78, 5) is 12.7. The van der Waals surface area contributed by atoms with Gasteiger partial charge < -0.3 is 18.8 Å². The van der Waals surface area contributed by atoms with Crippen LogP contribution in [0.3, 0.4) is 0 Å². The lowest BCUT2D eigenvalue weighted by molar-refractivity contribution is -0.0419. The molecule has 1 heterocycles. The molecule has 5 atom stereocenters. The summed E-state index contributed by atoms with van der Waals surface area (Å²) >= 11 is 0. The van der Waals surface area contributed by atoms with Gasteiger partial charge in [0.25, 0.3) is 0 Å². The van der Waals surface area contributed by atoms with E-state index < -0.39 is 5.60 Å². The first-order valence-corrected chi connectivity index (χ1v) is 11.2. The van der Waals surface area contributed by atoms with E-state index in [4.69, 9.17) is 18.8 Å². The van der Waals surface area contributed by atoms with Crippen LogP contribution in [-0.4, -0.2) is 37.5 Å². The number of hydrogen-bond acceptors (Lipinski definition) is 5. The van der Waals surface area contributed by atoms with Crippen molar-refractivity contribution in [2.45, 2.75) is 90.9 Å². The van der Waals surface area contributed by atoms with Gasteiger partial charge in [0.05, 0.1) is 18.8 Å². The summed E-state index contributed by atoms with van der Waals surface area (Å²) in [7, 11) is 1.33. The molecule has 0 spiro atoms. The number of esters is 1. The minimum Gasteiger partial charge on any atom is -0.496 e. The standard InChI is InChI=1S/C24H37BO5/c1-15-12-16(2)24(7)20(13-15)29-25(30-24)17(3)14-18-10-9-11-19(21(18)27-8)22(26)28-23(4,5)6/h9-11,15-17,20H,12-14H2,1-8H3/t15-,16+,17-,20+,24-/m0/s1. The van der Waals surface area contributed by atoms with E-state index in [1.54, 1.807) is 13.2 Å². The van der Waals surface area contributed by atoms with Crippen LogP contribution in [0.5, 0.6) is 5.75 Å². The topological polar surface area (TPSA) is 54.0 Å². The third-order valence-electron chi connectivity index (χ3n) is 6.58. The van der Waals surface area contributed by atoms with E-state index in [1.165, 1.54) is 6.42 Å². The van der Waals surface area contributed by atoms with Crippen LogP contribution in [-0.2, 0) is 20.5 Å². The second-order valence-electron chi connectivity index (χ2n) is 10.5. The first-order chi connectivity index (χ1) is 13.9. The molecule has 6 heteroatoms. The molecule has 166 valence electrons. The largest absolute Gasteiger partial charge is 0.496 e. The number of carbonyl (C=O) groups is 1. The number of para-hydroxylation sites is 1. The summed E-state index contributed by atoms with van der Waals surface area (Å²) < 4.78 is 24.1. The smallest absolute Gasteiger partial charge is 0.461 e. The van der Waals surface area contributed by atoms with Crippen molar-refractivity contribution in [2.24, 2.45) is 11.8 Å². The average molecular weight is 416 g/mol. The predicted molar refractivity (Wildman–Crippen MR) is 119 cm³/mol. The number of carbonyl (C=O) groups excluding carboxylic acids is 1. The monoisotopic (exact) mass is 416 g/mol. The second-order valence-corrected chi connectivity index (χ2v) is 10.5. The minimum absolute atomic E-state index is 0.123. The summed E-state index contributed by atoms with van der Waals surface area (Å²) in [6, 6.07) is 5.63. The Morgan fingerprint density at radius 3 is 2.63 bits per heavy atom. The highest BCUT2D eigenvalue weighted by atomic mass is 16.7. The highest BCUT2D eigenvalue weighted by Crippen LogP contribution is 2.47. The van der Waals surface area contributed by atoms with Gasteiger partial charge >= 0.3 is 13.1 Å². The molecule has 1 aliphatic carbocycles. The third kappa shape index (κ3) is 4.70. The van der Waals surface area contributed by atoms with Crippen LogP contribution in [0.1, 0.15) is 77.2 Å². The maximum atomic E-state index is 12.7. The van der Waals surface area contributed by atoms with E-state index in [2.05, 4.69) is 27.7 Å². The summed E-state index contributed by atoms with van der Waals surface area (Å²) in [5, 5.41) is 0. The van der Waals surface area contributed by atoms with E-state index in [0.717, 1.165) is 12.0 Å². The molecule has 1 aromatic rings. The molecule has 0 bridgehead atoms. The van der Waals surface area contributed by atoms with E-state index in [1.807, 2.05) is 32.9 Å². The minimum atomic E-state index is -0.559. The predicted octanol–water partition coefficient (Wildman–Crippen LogP) is 5.31. The quantitative estimate of drug-likeness (QED) is 0.481. The van der Waals surface area contributed by atoms with Gasteiger partial charge in [-0.15, -0.1) is 0 Å². The van der Waals surface area contributed by atoms with Gasteiger partial charge in [-0.05, 0) is 76.2 Å². The van der Waals surface area contributed by atoms with Crippen molar-refractivity contribution >= 4 is 13.1 Å². The molecule has 2 fully saturated rings. The molecule has 1 aliphatic heterocycles. The first kappa shape index (κ1) is 23.1. The van der Waals surface area contributed by atoms with Gasteiger partial charge in [-0.2, -0.15) is 0 Å². The summed E-state index contributed by atoms with van der Waals surface area (Å²) in [6.45, 7) is 14.5. The van der Waals surface area contributed by atoms with Gasteiger partial charge in [0, 0.05) is 0 Å². The van der Waals surface area contributed by atoms with Gasteiger partial charge in [-0.1, -0.05) is 32.9 Å². The van der Waals surface area contributed by atoms with Crippen LogP contribution in [0.4, 0.5) is 0 Å². The molecular weight excluding hydrogens is 379 g/mol. The Kier molecular flexibility index (Phi) is 6.59. The van der Waals surface area contributed by atoms with E-state index in [9.17, 15) is 4.79 Å². The third-order valence-corrected chi connectivity index (χ3v) is 6.58. The van der Waals surface area contributed by atoms with Crippen molar-refractivity contribution in [2.75, 3.05) is 7.11 Å². The van der Waals surface area contributed by atoms with E-state index in [-0.39, 0.29) is 30.6 Å². The Morgan fingerprint density at radius 2 is 2.00 bits per heavy atom. The fourth-order valence-electron chi connectivity index (χ4n) is 4.85. The van der Waals surface area contributed by atoms with Gasteiger partial charge in [0.1, 0.15) is 16.9 Å². The molecule has 0 N–H and O–H groups in total. The van der Waals surface area contributed by atoms with E-state index >= 15 is 0 Å². The fraction of sp³-hybridized carbons (Fsp3) is 0.708. The van der Waals surface area contributed by atoms with E-state index in [0.29, 0.717) is 29.6 Å². The van der Waals surface area contributed by atoms with Crippen LogP contribution >= 0.6 is 0 Å². The average Bonchev–Trinajstić information content (AvgIpc) is 2.98. The lowest BCUT2D eigenvalue weighted by Gasteiger charge is -2.42. The molecule has 0 unspecified atom stereocenters. The summed E-state index contributed by atoms with van der Waals surface area (Å²) in [5.41, 5.74) is 0.625. The number of benzene rings is 1. The summed E-state index contributed by atoms with van der Waals surface area (Å²) in [5.74, 6) is 1.44. The van der Waals surface area contributed by atoms with Crippen LogP contribution in [0.15, 0.2) is 18.2 Å². The van der Waals surface area contributed by atoms with Gasteiger partial charge in [-0.25, -0.2) is 4.79 Å². The Hall–Kier alpha value is -1.53. The number of methoxy groups -OCH3 is 1. The van der Waals surface area contributed by atoms with Crippen molar-refractivity contribution in [1.29, 1.82) is 0 Å². The van der Waals surface area contributed by atoms with Crippen LogP contribution in [0.2, 0.25) is 5.82 Å². The Labute approximate surface area is 181 Å². The lowest BCUT2D eigenvalue weighted by atomic mass is 9.69. The number of ether oxygens (including phenoxy) is 2. The Morgan fingerprint density at radius 1 is 1.30 bits per heavy atom. The van der Waals surface area contributed by atoms with Crippen LogP contribution < -0.4 is 4.74 Å². The molecule has 1 aromatic carbocycles. The first-order valence-electron chi connectivity index (χ1n) is 11.2. The van der Waals surface area contributed by atoms with Gasteiger partial charge in [0.2, 0.25) is 0 Å². The van der Waals surface area contributed by atoms with Crippen LogP contribution in [0, 0.1) is 11.8 Å². The molecule has 2 aliphatic rings. The highest BCUT2D eigenvalue weighted by molar-refractivity contribution is 6.47. The number of hydrogen-bond donors (Lipinski definition) is 0. The molecule has 0 amide bonds. The maximum Gasteiger partial charge on any atom is 0.461 e. The molecule has 0 aromatic heterocycles. The zero-order chi connectivity index (χ0) is 22.3. The van der Waals surface area contributed by atoms with Crippen LogP contribution in [0.25, 0.3) is 0 Å². The number of fused-ring (bicyclic) bond motifs is 1. The molecule has 1 saturated heterocycles. The van der Waals surface area contributed by atoms with Crippen molar-refractivity contribution in [1.82, 2.24) is 0 Å². The van der Waals surface area contributed by atoms with Gasteiger partial charge in [0.15, 0.2) is 0 Å². The zero-order valence-corrected chi connectivity index (χ0v) is 19.8. The number of rotatable bonds is 5. The van der Waals surface area contributed by atoms with Gasteiger partial charge in [-0.3, -0.25) is 0 Å². The molecule has 1 saturated carbocycles. The normalized spacial score (nSPS) is 30.0. The Bertz CT molecular complexity index is 773. The fourth-order valence-corrected chi connectivity index (χ4v) is 4.85. The van der Waals surface area contributed by atoms with Crippen molar-refractivity contribution < 1.29 is 23.6 Å². The van der Waals surface area contributed by atoms with Crippen molar-refractivity contribution in [3.8, 4) is 5.75 Å². The SMILES string of the molecule is COc1c(C[C@H](C)B2O[C@@H]3C[C@@H](C)C[C@@H](C)[C@]3(C)O2)cccc1C(=O)OC(C)(C)C.